The lowest BCUT2D eigenvalue weighted by Crippen LogP contribution is -2.48. The summed E-state index contributed by atoms with van der Waals surface area (Å²) >= 11 is 0. The normalized spacial score (nSPS) is 43.0. The molecule has 2 heterocycles. The Morgan fingerprint density at radius 2 is 2.21 bits per heavy atom. The molecule has 2 aliphatic rings. The molecule has 3 atom stereocenters. The first kappa shape index (κ1) is 6.81. The molecule has 0 aliphatic carbocycles. The molecule has 1 aromatic carbocycles. The summed E-state index contributed by atoms with van der Waals surface area (Å²) in [5.74, 6) is -2.19. The van der Waals surface area contributed by atoms with E-state index in [0.717, 1.165) is 17.9 Å². The highest BCUT2D eigenvalue weighted by atomic mass is 16.5. The van der Waals surface area contributed by atoms with Crippen LogP contribution in [-0.2, 0) is 6.37 Å². The monoisotopic (exact) mass is 348 g/mol. The van der Waals surface area contributed by atoms with E-state index in [0.29, 0.717) is 0 Å². The van der Waals surface area contributed by atoms with Gasteiger partial charge >= 0.3 is 0 Å². The second-order valence-corrected chi connectivity index (χ2v) is 6.28. The molecule has 134 valence electrons. The zero-order valence-electron chi connectivity index (χ0n) is 28.5. The summed E-state index contributed by atoms with van der Waals surface area (Å²) in [4.78, 5) is 0.952. The summed E-state index contributed by atoms with van der Waals surface area (Å²) in [5, 5.41) is 11.1. The van der Waals surface area contributed by atoms with Crippen molar-refractivity contribution in [1.29, 1.82) is 0 Å². The van der Waals surface area contributed by atoms with Crippen LogP contribution in [0.15, 0.2) is 12.1 Å². The molecule has 1 aromatic rings. The topological polar surface area (TPSA) is 41.9 Å². The first-order chi connectivity index (χ1) is 17.3. The van der Waals surface area contributed by atoms with Crippen LogP contribution in [0.4, 0.5) is 0 Å². The van der Waals surface area contributed by atoms with Crippen molar-refractivity contribution in [3.63, 3.8) is 0 Å². The lowest BCUT2D eigenvalue weighted by Gasteiger charge is -2.47. The van der Waals surface area contributed by atoms with E-state index in [1.54, 1.807) is 0 Å². The summed E-state index contributed by atoms with van der Waals surface area (Å²) in [6, 6.07) is 1.20. The first-order valence-electron chi connectivity index (χ1n) is 15.1. The lowest BCUT2D eigenvalue weighted by molar-refractivity contribution is -0.0259. The van der Waals surface area contributed by atoms with Crippen LogP contribution < -0.4 is 9.47 Å². The fourth-order valence-electron chi connectivity index (χ4n) is 3.24. The smallest absolute Gasteiger partial charge is 0.161 e. The van der Waals surface area contributed by atoms with E-state index in [1.165, 1.54) is 13.2 Å². The summed E-state index contributed by atoms with van der Waals surface area (Å²) in [5.41, 5.74) is -3.11. The second kappa shape index (κ2) is 6.57. The summed E-state index contributed by atoms with van der Waals surface area (Å²) in [7, 11) is -1.71. The largest absolute Gasteiger partial charge is 0.493 e. The van der Waals surface area contributed by atoms with Gasteiger partial charge in [0.1, 0.15) is 0 Å². The molecule has 4 nitrogen and oxygen atoms in total. The van der Waals surface area contributed by atoms with Crippen molar-refractivity contribution in [2.24, 2.45) is 11.3 Å². The molecule has 0 aromatic heterocycles. The number of aliphatic hydroxyl groups is 1. The minimum atomic E-state index is -3.34. The van der Waals surface area contributed by atoms with Gasteiger partial charge in [-0.05, 0) is 53.8 Å². The fourth-order valence-corrected chi connectivity index (χ4v) is 3.24. The van der Waals surface area contributed by atoms with Crippen LogP contribution in [0.25, 0.3) is 0 Å². The highest BCUT2D eigenvalue weighted by molar-refractivity contribution is 5.49. The van der Waals surface area contributed by atoms with Gasteiger partial charge in [-0.25, -0.2) is 0 Å². The summed E-state index contributed by atoms with van der Waals surface area (Å²) < 4.78 is 132. The number of methoxy groups -OCH3 is 2. The standard InChI is InChI=1S/C20H31NO3/c1-20(2,3)11-14-12-21-7-6-13-8-18(23-4)19(24-5)9-15(13)16(21)10-17(14)22/h8-9,14,16-17,22H,6-7,10-12H2,1-5H3/i1D3,2D3,4D3,6D2,7D2,11D2. The molecule has 0 saturated carbocycles. The molecule has 0 bridgehead atoms. The van der Waals surface area contributed by atoms with Gasteiger partial charge in [0.15, 0.2) is 11.5 Å². The van der Waals surface area contributed by atoms with Crippen LogP contribution in [0.5, 0.6) is 11.5 Å². The Bertz CT molecular complexity index is 1080. The molecular formula is C20H31NO3. The lowest BCUT2D eigenvalue weighted by atomic mass is 9.75. The molecule has 1 fully saturated rings. The molecule has 0 amide bonds. The Kier molecular flexibility index (Phi) is 1.86. The highest BCUT2D eigenvalue weighted by Gasteiger charge is 2.39. The Hall–Kier alpha value is -1.26. The number of benzene rings is 1. The van der Waals surface area contributed by atoms with Crippen LogP contribution in [0.1, 0.15) is 71.2 Å². The van der Waals surface area contributed by atoms with Gasteiger partial charge in [0, 0.05) is 35.5 Å². The van der Waals surface area contributed by atoms with Gasteiger partial charge in [0.25, 0.3) is 0 Å². The van der Waals surface area contributed by atoms with Gasteiger partial charge in [-0.2, -0.15) is 0 Å². The zero-order valence-corrected chi connectivity index (χ0v) is 13.5. The van der Waals surface area contributed by atoms with Crippen molar-refractivity contribution >= 4 is 0 Å². The molecule has 3 rings (SSSR count). The number of ether oxygens (including phenoxy) is 2. The van der Waals surface area contributed by atoms with Crippen LogP contribution in [-0.4, -0.2) is 43.3 Å². The Morgan fingerprint density at radius 1 is 1.42 bits per heavy atom. The van der Waals surface area contributed by atoms with Crippen molar-refractivity contribution in [2.45, 2.75) is 51.9 Å². The molecule has 2 aliphatic heterocycles. The molecule has 24 heavy (non-hydrogen) atoms. The first-order valence-corrected chi connectivity index (χ1v) is 7.62. The second-order valence-electron chi connectivity index (χ2n) is 6.28. The molecule has 1 saturated heterocycles. The van der Waals surface area contributed by atoms with Gasteiger partial charge in [-0.1, -0.05) is 20.6 Å². The van der Waals surface area contributed by atoms with Crippen molar-refractivity contribution < 1.29 is 35.1 Å². The summed E-state index contributed by atoms with van der Waals surface area (Å²) in [6.07, 6.45) is -7.99. The van der Waals surface area contributed by atoms with Gasteiger partial charge in [-0.15, -0.1) is 0 Å². The summed E-state index contributed by atoms with van der Waals surface area (Å²) in [6.45, 7) is -9.54. The van der Waals surface area contributed by atoms with Gasteiger partial charge in [-0.3, -0.25) is 4.90 Å². The molecule has 4 heteroatoms. The predicted molar refractivity (Wildman–Crippen MR) is 95.7 cm³/mol. The third kappa shape index (κ3) is 3.40. The Labute approximate surface area is 166 Å². The van der Waals surface area contributed by atoms with Crippen molar-refractivity contribution in [3.8, 4) is 11.5 Å². The van der Waals surface area contributed by atoms with Crippen LogP contribution >= 0.6 is 0 Å². The highest BCUT2D eigenvalue weighted by Crippen LogP contribution is 2.44. The minimum absolute atomic E-state index is 0.104. The number of hydrogen-bond acceptors (Lipinski definition) is 4. The molecule has 3 unspecified atom stereocenters. The van der Waals surface area contributed by atoms with Crippen molar-refractivity contribution in [2.75, 3.05) is 27.2 Å². The minimum Gasteiger partial charge on any atom is -0.493 e. The van der Waals surface area contributed by atoms with Gasteiger partial charge < -0.3 is 14.6 Å². The SMILES string of the molecule is [2H]C([2H])([2H])Oc1cc2c(cc1OC)C1CC(O)C(C([2H])([2H])C(C)(C([2H])([2H])[2H])C([2H])([2H])[2H])CN1C([2H])([2H])C2([2H])[2H]. The zero-order chi connectivity index (χ0) is 30.4. The van der Waals surface area contributed by atoms with E-state index < -0.39 is 76.4 Å². The average Bonchev–Trinajstić information content (AvgIpc) is 2.74. The van der Waals surface area contributed by atoms with Gasteiger partial charge in [0.2, 0.25) is 0 Å². The number of hydrogen-bond donors (Lipinski definition) is 1. The van der Waals surface area contributed by atoms with Crippen LogP contribution in [0.2, 0.25) is 0 Å². The average molecular weight is 349 g/mol. The van der Waals surface area contributed by atoms with Crippen LogP contribution in [0.3, 0.4) is 0 Å². The number of rotatable bonds is 3. The van der Waals surface area contributed by atoms with Gasteiger partial charge in [0.05, 0.1) is 24.4 Å². The Morgan fingerprint density at radius 3 is 2.92 bits per heavy atom. The maximum absolute atomic E-state index is 11.1. The number of aliphatic hydroxyl groups excluding tert-OH is 1. The maximum atomic E-state index is 11.1. The number of piperidine rings is 1. The number of nitrogens with zero attached hydrogens (tertiary/aromatic N) is 1. The molecule has 0 spiro atoms. The quantitative estimate of drug-likeness (QED) is 0.909. The number of fused-ring (bicyclic) bond motifs is 3. The fraction of sp³-hybridized carbons (Fsp3) is 0.700. The van der Waals surface area contributed by atoms with Crippen molar-refractivity contribution in [3.05, 3.63) is 23.3 Å². The predicted octanol–water partition coefficient (Wildman–Crippen LogP) is 3.42. The van der Waals surface area contributed by atoms with E-state index in [4.69, 9.17) is 30.0 Å². The van der Waals surface area contributed by atoms with Crippen molar-refractivity contribution in [1.82, 2.24) is 4.90 Å². The van der Waals surface area contributed by atoms with E-state index in [2.05, 4.69) is 0 Å². The third-order valence-electron chi connectivity index (χ3n) is 4.31. The molecule has 0 radical (unpaired) electrons. The number of aryl methyl sites for hydroxylation is 1. The third-order valence-corrected chi connectivity index (χ3v) is 4.31. The van der Waals surface area contributed by atoms with E-state index in [-0.39, 0.29) is 22.6 Å². The molecule has 1 N–H and O–H groups in total. The Balaban J connectivity index is 2.19. The van der Waals surface area contributed by atoms with E-state index in [9.17, 15) is 5.11 Å². The van der Waals surface area contributed by atoms with Crippen LogP contribution in [0, 0.1) is 11.3 Å². The molecular weight excluding hydrogens is 302 g/mol. The van der Waals surface area contributed by atoms with E-state index in [1.807, 2.05) is 0 Å². The van der Waals surface area contributed by atoms with E-state index >= 15 is 0 Å². The maximum Gasteiger partial charge on any atom is 0.161 e.